The Morgan fingerprint density at radius 3 is 2.42 bits per heavy atom. The SMILES string of the molecule is CCCCCCCNCCSC. The third-order valence-corrected chi connectivity index (χ3v) is 2.55. The van der Waals surface area contributed by atoms with E-state index in [1.807, 2.05) is 11.8 Å². The Kier molecular flexibility index (Phi) is 11.6. The van der Waals surface area contributed by atoms with Crippen molar-refractivity contribution in [1.29, 1.82) is 0 Å². The Hall–Kier alpha value is 0.310. The first-order valence-corrected chi connectivity index (χ1v) is 6.50. The van der Waals surface area contributed by atoms with Gasteiger partial charge in [0, 0.05) is 12.3 Å². The Labute approximate surface area is 81.7 Å². The summed E-state index contributed by atoms with van der Waals surface area (Å²) in [6.07, 6.45) is 9.09. The second kappa shape index (κ2) is 11.3. The van der Waals surface area contributed by atoms with Crippen LogP contribution in [-0.2, 0) is 0 Å². The van der Waals surface area contributed by atoms with Gasteiger partial charge in [-0.25, -0.2) is 0 Å². The highest BCUT2D eigenvalue weighted by molar-refractivity contribution is 7.98. The lowest BCUT2D eigenvalue weighted by molar-refractivity contribution is 0.595. The second-order valence-corrected chi connectivity index (χ2v) is 4.14. The molecule has 12 heavy (non-hydrogen) atoms. The van der Waals surface area contributed by atoms with E-state index in [9.17, 15) is 0 Å². The minimum absolute atomic E-state index is 1.18. The van der Waals surface area contributed by atoms with E-state index in [-0.39, 0.29) is 0 Å². The van der Waals surface area contributed by atoms with Crippen LogP contribution >= 0.6 is 11.8 Å². The molecule has 0 rings (SSSR count). The maximum Gasteiger partial charge on any atom is 0.00553 e. The van der Waals surface area contributed by atoms with E-state index in [0.717, 1.165) is 0 Å². The molecule has 0 aromatic heterocycles. The molecule has 0 atom stereocenters. The standard InChI is InChI=1S/C10H23NS/c1-3-4-5-6-7-8-11-9-10-12-2/h11H,3-10H2,1-2H3. The minimum atomic E-state index is 1.18. The molecule has 0 aliphatic carbocycles. The van der Waals surface area contributed by atoms with Gasteiger partial charge in [-0.15, -0.1) is 0 Å². The molecule has 0 bridgehead atoms. The van der Waals surface area contributed by atoms with E-state index in [2.05, 4.69) is 18.5 Å². The first-order chi connectivity index (χ1) is 5.91. The van der Waals surface area contributed by atoms with E-state index < -0.39 is 0 Å². The van der Waals surface area contributed by atoms with Crippen molar-refractivity contribution in [1.82, 2.24) is 5.32 Å². The maximum atomic E-state index is 3.44. The van der Waals surface area contributed by atoms with Gasteiger partial charge in [0.15, 0.2) is 0 Å². The fourth-order valence-corrected chi connectivity index (χ4v) is 1.50. The van der Waals surface area contributed by atoms with E-state index in [1.165, 1.54) is 50.9 Å². The molecule has 0 unspecified atom stereocenters. The predicted molar refractivity (Wildman–Crippen MR) is 60.0 cm³/mol. The van der Waals surface area contributed by atoms with Gasteiger partial charge in [-0.2, -0.15) is 11.8 Å². The second-order valence-electron chi connectivity index (χ2n) is 3.16. The van der Waals surface area contributed by atoms with Crippen molar-refractivity contribution in [2.75, 3.05) is 25.1 Å². The van der Waals surface area contributed by atoms with Crippen LogP contribution in [0.3, 0.4) is 0 Å². The van der Waals surface area contributed by atoms with Crippen molar-refractivity contribution in [3.05, 3.63) is 0 Å². The molecule has 0 aromatic rings. The highest BCUT2D eigenvalue weighted by Crippen LogP contribution is 2.00. The summed E-state index contributed by atoms with van der Waals surface area (Å²) in [7, 11) is 0. The summed E-state index contributed by atoms with van der Waals surface area (Å²) >= 11 is 1.91. The molecule has 74 valence electrons. The number of rotatable bonds is 9. The average Bonchev–Trinajstić information content (AvgIpc) is 2.10. The number of nitrogens with one attached hydrogen (secondary N) is 1. The Bertz CT molecular complexity index is 66.2. The van der Waals surface area contributed by atoms with Crippen LogP contribution in [0.1, 0.15) is 39.0 Å². The van der Waals surface area contributed by atoms with Crippen molar-refractivity contribution < 1.29 is 0 Å². The topological polar surface area (TPSA) is 12.0 Å². The van der Waals surface area contributed by atoms with Crippen LogP contribution in [0.15, 0.2) is 0 Å². The Morgan fingerprint density at radius 2 is 1.75 bits per heavy atom. The quantitative estimate of drug-likeness (QED) is 0.560. The first-order valence-electron chi connectivity index (χ1n) is 5.11. The smallest absolute Gasteiger partial charge is 0.00553 e. The molecule has 0 fully saturated rings. The molecule has 0 aliphatic heterocycles. The molecular formula is C10H23NS. The summed E-state index contributed by atoms with van der Waals surface area (Å²) < 4.78 is 0. The molecule has 0 aromatic carbocycles. The van der Waals surface area contributed by atoms with Gasteiger partial charge in [-0.05, 0) is 19.2 Å². The Balaban J connectivity index is 2.73. The number of unbranched alkanes of at least 4 members (excludes halogenated alkanes) is 4. The van der Waals surface area contributed by atoms with E-state index in [0.29, 0.717) is 0 Å². The third kappa shape index (κ3) is 10.3. The average molecular weight is 189 g/mol. The van der Waals surface area contributed by atoms with Crippen molar-refractivity contribution >= 4 is 11.8 Å². The fraction of sp³-hybridized carbons (Fsp3) is 1.00. The van der Waals surface area contributed by atoms with Gasteiger partial charge in [0.2, 0.25) is 0 Å². The van der Waals surface area contributed by atoms with Gasteiger partial charge >= 0.3 is 0 Å². The first kappa shape index (κ1) is 12.3. The predicted octanol–water partition coefficient (Wildman–Crippen LogP) is 2.91. The molecule has 2 heteroatoms. The lowest BCUT2D eigenvalue weighted by Gasteiger charge is -2.02. The van der Waals surface area contributed by atoms with Crippen LogP contribution in [0.4, 0.5) is 0 Å². The molecule has 0 saturated carbocycles. The van der Waals surface area contributed by atoms with Gasteiger partial charge in [0.25, 0.3) is 0 Å². The monoisotopic (exact) mass is 189 g/mol. The zero-order chi connectivity index (χ0) is 9.07. The zero-order valence-corrected chi connectivity index (χ0v) is 9.38. The summed E-state index contributed by atoms with van der Waals surface area (Å²) in [6, 6.07) is 0. The molecular weight excluding hydrogens is 166 g/mol. The van der Waals surface area contributed by atoms with Crippen molar-refractivity contribution in [3.8, 4) is 0 Å². The van der Waals surface area contributed by atoms with Gasteiger partial charge in [0.05, 0.1) is 0 Å². The molecule has 0 radical (unpaired) electrons. The van der Waals surface area contributed by atoms with E-state index >= 15 is 0 Å². The van der Waals surface area contributed by atoms with E-state index in [4.69, 9.17) is 0 Å². The molecule has 0 aliphatic rings. The zero-order valence-electron chi connectivity index (χ0n) is 8.57. The van der Waals surface area contributed by atoms with Crippen molar-refractivity contribution in [2.24, 2.45) is 0 Å². The van der Waals surface area contributed by atoms with E-state index in [1.54, 1.807) is 0 Å². The maximum absolute atomic E-state index is 3.44. The van der Waals surface area contributed by atoms with Crippen molar-refractivity contribution in [3.63, 3.8) is 0 Å². The molecule has 0 spiro atoms. The number of hydrogen-bond acceptors (Lipinski definition) is 2. The summed E-state index contributed by atoms with van der Waals surface area (Å²) in [4.78, 5) is 0. The van der Waals surface area contributed by atoms with Crippen LogP contribution in [0.25, 0.3) is 0 Å². The van der Waals surface area contributed by atoms with Crippen LogP contribution in [-0.4, -0.2) is 25.1 Å². The number of hydrogen-bond donors (Lipinski definition) is 1. The van der Waals surface area contributed by atoms with Crippen molar-refractivity contribution in [2.45, 2.75) is 39.0 Å². The van der Waals surface area contributed by atoms with Gasteiger partial charge in [-0.3, -0.25) is 0 Å². The summed E-state index contributed by atoms with van der Waals surface area (Å²) in [6.45, 7) is 4.65. The molecule has 0 saturated heterocycles. The third-order valence-electron chi connectivity index (χ3n) is 1.94. The summed E-state index contributed by atoms with van der Waals surface area (Å²) in [5, 5.41) is 3.44. The molecule has 1 N–H and O–H groups in total. The molecule has 1 nitrogen and oxygen atoms in total. The van der Waals surface area contributed by atoms with Gasteiger partial charge < -0.3 is 5.32 Å². The molecule has 0 heterocycles. The van der Waals surface area contributed by atoms with Crippen LogP contribution in [0.5, 0.6) is 0 Å². The molecule has 0 amide bonds. The normalized spacial score (nSPS) is 10.5. The van der Waals surface area contributed by atoms with Gasteiger partial charge in [0.1, 0.15) is 0 Å². The summed E-state index contributed by atoms with van der Waals surface area (Å²) in [5.41, 5.74) is 0. The van der Waals surface area contributed by atoms with Crippen LogP contribution in [0.2, 0.25) is 0 Å². The van der Waals surface area contributed by atoms with Crippen LogP contribution in [0, 0.1) is 0 Å². The lowest BCUT2D eigenvalue weighted by Crippen LogP contribution is -2.18. The van der Waals surface area contributed by atoms with Crippen LogP contribution < -0.4 is 5.32 Å². The minimum Gasteiger partial charge on any atom is -0.316 e. The number of thioether (sulfide) groups is 1. The highest BCUT2D eigenvalue weighted by atomic mass is 32.2. The fourth-order valence-electron chi connectivity index (χ4n) is 1.15. The van der Waals surface area contributed by atoms with Gasteiger partial charge in [-0.1, -0.05) is 32.6 Å². The summed E-state index contributed by atoms with van der Waals surface area (Å²) in [5.74, 6) is 1.25. The largest absolute Gasteiger partial charge is 0.316 e. The Morgan fingerprint density at radius 1 is 1.00 bits per heavy atom. The highest BCUT2D eigenvalue weighted by Gasteiger charge is 1.88. The lowest BCUT2D eigenvalue weighted by atomic mass is 10.1.